The van der Waals surface area contributed by atoms with Gasteiger partial charge in [-0.25, -0.2) is 0 Å². The minimum absolute atomic E-state index is 0.104. The molecule has 4 rings (SSSR count). The van der Waals surface area contributed by atoms with Crippen LogP contribution in [0.3, 0.4) is 0 Å². The van der Waals surface area contributed by atoms with Crippen LogP contribution in [-0.2, 0) is 4.79 Å². The SMILES string of the molecule is CC(C)CCC[C@H](O)C1CCC2C3CCC4=CC(=O)CC[C@]4(C)C3CC[C@@]21C. The number of rotatable bonds is 5. The first kappa shape index (κ1) is 20.6. The Morgan fingerprint density at radius 2 is 1.82 bits per heavy atom. The van der Waals surface area contributed by atoms with E-state index in [1.54, 1.807) is 0 Å². The maximum atomic E-state index is 12.0. The summed E-state index contributed by atoms with van der Waals surface area (Å²) < 4.78 is 0. The summed E-state index contributed by atoms with van der Waals surface area (Å²) in [5.74, 6) is 3.95. The first-order valence-electron chi connectivity index (χ1n) is 12.2. The predicted octanol–water partition coefficient (Wildman–Crippen LogP) is 6.32. The summed E-state index contributed by atoms with van der Waals surface area (Å²) in [6.45, 7) is 9.56. The first-order valence-corrected chi connectivity index (χ1v) is 12.2. The normalized spacial score (nSPS) is 43.9. The van der Waals surface area contributed by atoms with Crippen molar-refractivity contribution in [2.24, 2.45) is 40.4 Å². The van der Waals surface area contributed by atoms with Crippen LogP contribution in [0.1, 0.15) is 98.3 Å². The Balaban J connectivity index is 1.49. The van der Waals surface area contributed by atoms with Crippen LogP contribution in [0.25, 0.3) is 0 Å². The molecule has 2 heteroatoms. The molecule has 4 aliphatic rings. The Kier molecular flexibility index (Phi) is 5.57. The number of ketones is 1. The lowest BCUT2D eigenvalue weighted by atomic mass is 9.46. The molecule has 158 valence electrons. The number of aliphatic hydroxyl groups excluding tert-OH is 1. The molecule has 0 spiro atoms. The summed E-state index contributed by atoms with van der Waals surface area (Å²) in [7, 11) is 0. The summed E-state index contributed by atoms with van der Waals surface area (Å²) in [6.07, 6.45) is 14.7. The van der Waals surface area contributed by atoms with Gasteiger partial charge in [-0.05, 0) is 97.9 Å². The highest BCUT2D eigenvalue weighted by Gasteiger charge is 2.59. The number of fused-ring (bicyclic) bond motifs is 5. The van der Waals surface area contributed by atoms with Crippen molar-refractivity contribution < 1.29 is 9.90 Å². The van der Waals surface area contributed by atoms with Gasteiger partial charge in [-0.1, -0.05) is 46.1 Å². The molecule has 0 saturated heterocycles. The van der Waals surface area contributed by atoms with Crippen LogP contribution >= 0.6 is 0 Å². The van der Waals surface area contributed by atoms with Gasteiger partial charge in [0.1, 0.15) is 0 Å². The van der Waals surface area contributed by atoms with Crippen molar-refractivity contribution >= 4 is 5.78 Å². The lowest BCUT2D eigenvalue weighted by Gasteiger charge is -2.58. The Bertz CT molecular complexity index is 634. The Hall–Kier alpha value is -0.630. The van der Waals surface area contributed by atoms with Crippen LogP contribution in [-0.4, -0.2) is 17.0 Å². The first-order chi connectivity index (χ1) is 13.3. The van der Waals surface area contributed by atoms with Gasteiger partial charge in [0.2, 0.25) is 0 Å². The predicted molar refractivity (Wildman–Crippen MR) is 115 cm³/mol. The van der Waals surface area contributed by atoms with Crippen molar-refractivity contribution in [1.29, 1.82) is 0 Å². The van der Waals surface area contributed by atoms with Gasteiger partial charge in [-0.3, -0.25) is 4.79 Å². The van der Waals surface area contributed by atoms with Gasteiger partial charge >= 0.3 is 0 Å². The quantitative estimate of drug-likeness (QED) is 0.600. The van der Waals surface area contributed by atoms with Gasteiger partial charge in [0.05, 0.1) is 6.10 Å². The Morgan fingerprint density at radius 1 is 1.04 bits per heavy atom. The van der Waals surface area contributed by atoms with Gasteiger partial charge in [-0.2, -0.15) is 0 Å². The molecule has 3 fully saturated rings. The molecule has 1 N–H and O–H groups in total. The van der Waals surface area contributed by atoms with Gasteiger partial charge < -0.3 is 5.11 Å². The second kappa shape index (κ2) is 7.56. The maximum Gasteiger partial charge on any atom is 0.155 e. The standard InChI is InChI=1S/C26H42O2/c1-17(2)6-5-7-24(28)23-11-10-21-20-9-8-18-16-19(27)12-14-25(18,3)22(20)13-15-26(21,23)4/h16-17,20-24,28H,5-15H2,1-4H3/t20?,21?,22?,23?,24-,25-,26-/m0/s1. The van der Waals surface area contributed by atoms with Crippen molar-refractivity contribution in [3.63, 3.8) is 0 Å². The van der Waals surface area contributed by atoms with Crippen LogP contribution in [0.4, 0.5) is 0 Å². The van der Waals surface area contributed by atoms with Crippen LogP contribution in [0, 0.1) is 40.4 Å². The lowest BCUT2D eigenvalue weighted by Crippen LogP contribution is -2.51. The molecular weight excluding hydrogens is 344 g/mol. The molecule has 28 heavy (non-hydrogen) atoms. The largest absolute Gasteiger partial charge is 0.393 e. The van der Waals surface area contributed by atoms with Crippen molar-refractivity contribution in [3.05, 3.63) is 11.6 Å². The van der Waals surface area contributed by atoms with Gasteiger partial charge in [0.15, 0.2) is 5.78 Å². The maximum absolute atomic E-state index is 12.0. The van der Waals surface area contributed by atoms with Gasteiger partial charge in [0, 0.05) is 6.42 Å². The smallest absolute Gasteiger partial charge is 0.155 e. The highest BCUT2D eigenvalue weighted by molar-refractivity contribution is 5.91. The van der Waals surface area contributed by atoms with Gasteiger partial charge in [0.25, 0.3) is 0 Å². The van der Waals surface area contributed by atoms with E-state index in [0.29, 0.717) is 17.1 Å². The van der Waals surface area contributed by atoms with E-state index in [1.165, 1.54) is 50.5 Å². The van der Waals surface area contributed by atoms with E-state index < -0.39 is 0 Å². The highest BCUT2D eigenvalue weighted by atomic mass is 16.3. The molecule has 0 amide bonds. The molecule has 0 aromatic carbocycles. The zero-order chi connectivity index (χ0) is 20.1. The van der Waals surface area contributed by atoms with Crippen molar-refractivity contribution in [2.45, 2.75) is 104 Å². The number of aliphatic hydroxyl groups is 1. The molecule has 0 aromatic rings. The second-order valence-corrected chi connectivity index (χ2v) is 11.6. The second-order valence-electron chi connectivity index (χ2n) is 11.6. The van der Waals surface area contributed by atoms with E-state index in [1.807, 2.05) is 6.08 Å². The fourth-order valence-electron chi connectivity index (χ4n) is 8.17. The van der Waals surface area contributed by atoms with E-state index in [0.717, 1.165) is 49.4 Å². The van der Waals surface area contributed by atoms with E-state index in [-0.39, 0.29) is 11.5 Å². The van der Waals surface area contributed by atoms with Crippen LogP contribution in [0.5, 0.6) is 0 Å². The topological polar surface area (TPSA) is 37.3 Å². The van der Waals surface area contributed by atoms with E-state index in [2.05, 4.69) is 27.7 Å². The number of hydrogen-bond donors (Lipinski definition) is 1. The summed E-state index contributed by atoms with van der Waals surface area (Å²) in [4.78, 5) is 12.0. The number of carbonyl (C=O) groups is 1. The van der Waals surface area contributed by atoms with E-state index in [4.69, 9.17) is 0 Å². The van der Waals surface area contributed by atoms with Crippen LogP contribution in [0.15, 0.2) is 11.6 Å². The van der Waals surface area contributed by atoms with Crippen molar-refractivity contribution in [2.75, 3.05) is 0 Å². The molecule has 4 unspecified atom stereocenters. The molecule has 7 atom stereocenters. The average molecular weight is 387 g/mol. The van der Waals surface area contributed by atoms with Crippen LogP contribution in [0.2, 0.25) is 0 Å². The molecule has 0 aliphatic heterocycles. The molecule has 3 saturated carbocycles. The fraction of sp³-hybridized carbons (Fsp3) is 0.885. The Morgan fingerprint density at radius 3 is 2.57 bits per heavy atom. The average Bonchev–Trinajstić information content (AvgIpc) is 2.99. The highest BCUT2D eigenvalue weighted by Crippen LogP contribution is 2.67. The third kappa shape index (κ3) is 3.32. The number of carbonyl (C=O) groups excluding carboxylic acids is 1. The number of hydrogen-bond acceptors (Lipinski definition) is 2. The third-order valence-corrected chi connectivity index (χ3v) is 9.78. The van der Waals surface area contributed by atoms with E-state index >= 15 is 0 Å². The van der Waals surface area contributed by atoms with Crippen molar-refractivity contribution in [1.82, 2.24) is 0 Å². The molecule has 0 aromatic heterocycles. The molecule has 0 heterocycles. The number of allylic oxidation sites excluding steroid dienone is 1. The van der Waals surface area contributed by atoms with Crippen LogP contribution < -0.4 is 0 Å². The van der Waals surface area contributed by atoms with E-state index in [9.17, 15) is 9.90 Å². The van der Waals surface area contributed by atoms with Gasteiger partial charge in [-0.15, -0.1) is 0 Å². The molecule has 4 aliphatic carbocycles. The van der Waals surface area contributed by atoms with Crippen molar-refractivity contribution in [3.8, 4) is 0 Å². The Labute approximate surface area is 172 Å². The molecule has 0 bridgehead atoms. The molecule has 2 nitrogen and oxygen atoms in total. The summed E-state index contributed by atoms with van der Waals surface area (Å²) in [6, 6.07) is 0. The fourth-order valence-corrected chi connectivity index (χ4v) is 8.17. The third-order valence-electron chi connectivity index (χ3n) is 9.78. The minimum Gasteiger partial charge on any atom is -0.393 e. The minimum atomic E-state index is -0.104. The monoisotopic (exact) mass is 386 g/mol. The summed E-state index contributed by atoms with van der Waals surface area (Å²) in [5.41, 5.74) is 2.07. The summed E-state index contributed by atoms with van der Waals surface area (Å²) >= 11 is 0. The zero-order valence-corrected chi connectivity index (χ0v) is 18.7. The lowest BCUT2D eigenvalue weighted by molar-refractivity contribution is -0.118. The zero-order valence-electron chi connectivity index (χ0n) is 18.7. The summed E-state index contributed by atoms with van der Waals surface area (Å²) in [5, 5.41) is 11.1. The molecular formula is C26H42O2. The molecule has 0 radical (unpaired) electrons.